The highest BCUT2D eigenvalue weighted by molar-refractivity contribution is 7.10. The van der Waals surface area contributed by atoms with E-state index >= 15 is 0 Å². The van der Waals surface area contributed by atoms with E-state index in [1.807, 2.05) is 24.3 Å². The van der Waals surface area contributed by atoms with Gasteiger partial charge in [0.1, 0.15) is 5.75 Å². The molecule has 2 atom stereocenters. The lowest BCUT2D eigenvalue weighted by Crippen LogP contribution is -2.34. The van der Waals surface area contributed by atoms with E-state index in [1.165, 1.54) is 4.88 Å². The van der Waals surface area contributed by atoms with E-state index in [0.717, 1.165) is 11.4 Å². The van der Waals surface area contributed by atoms with Gasteiger partial charge in [-0.25, -0.2) is 0 Å². The maximum absolute atomic E-state index is 11.6. The summed E-state index contributed by atoms with van der Waals surface area (Å²) in [4.78, 5) is 12.9. The minimum absolute atomic E-state index is 0.110. The van der Waals surface area contributed by atoms with Gasteiger partial charge in [-0.3, -0.25) is 4.79 Å². The first-order valence-electron chi connectivity index (χ1n) is 6.55. The smallest absolute Gasteiger partial charge is 0.265 e. The largest absolute Gasteiger partial charge is 0.479 e. The molecule has 1 amide bonds. The van der Waals surface area contributed by atoms with Crippen LogP contribution in [0.15, 0.2) is 35.7 Å². The Bertz CT molecular complexity index is 625. The third kappa shape index (κ3) is 2.49. The van der Waals surface area contributed by atoms with Crippen LogP contribution in [0.2, 0.25) is 0 Å². The second-order valence-electron chi connectivity index (χ2n) is 4.84. The molecule has 0 saturated heterocycles. The standard InChI is InChI=1S/C15H16N2O2S/c1-9(14-4-3-7-20-14)16-11-5-6-13-12(8-11)17-15(18)10(2)19-13/h3-10,16H,1-2H3,(H,17,18). The highest BCUT2D eigenvalue weighted by Crippen LogP contribution is 2.33. The molecular weight excluding hydrogens is 272 g/mol. The number of fused-ring (bicyclic) bond motifs is 1. The van der Waals surface area contributed by atoms with E-state index in [-0.39, 0.29) is 11.9 Å². The van der Waals surface area contributed by atoms with Gasteiger partial charge in [-0.1, -0.05) is 6.07 Å². The van der Waals surface area contributed by atoms with Crippen molar-refractivity contribution in [2.45, 2.75) is 26.0 Å². The average molecular weight is 288 g/mol. The van der Waals surface area contributed by atoms with Crippen molar-refractivity contribution in [2.75, 3.05) is 10.6 Å². The minimum Gasteiger partial charge on any atom is -0.479 e. The van der Waals surface area contributed by atoms with Crippen LogP contribution < -0.4 is 15.4 Å². The zero-order valence-electron chi connectivity index (χ0n) is 11.3. The second-order valence-corrected chi connectivity index (χ2v) is 5.82. The molecule has 4 nitrogen and oxygen atoms in total. The number of benzene rings is 1. The number of rotatable bonds is 3. The fourth-order valence-corrected chi connectivity index (χ4v) is 2.89. The number of anilines is 2. The zero-order chi connectivity index (χ0) is 14.1. The Kier molecular flexibility index (Phi) is 3.36. The molecule has 5 heteroatoms. The molecule has 1 aliphatic rings. The lowest BCUT2D eigenvalue weighted by Gasteiger charge is -2.24. The van der Waals surface area contributed by atoms with Gasteiger partial charge in [0, 0.05) is 10.6 Å². The molecule has 1 aromatic heterocycles. The minimum atomic E-state index is -0.439. The summed E-state index contributed by atoms with van der Waals surface area (Å²) in [6, 6.07) is 10.1. The zero-order valence-corrected chi connectivity index (χ0v) is 12.2. The van der Waals surface area contributed by atoms with E-state index in [4.69, 9.17) is 4.74 Å². The highest BCUT2D eigenvalue weighted by Gasteiger charge is 2.23. The van der Waals surface area contributed by atoms with E-state index in [9.17, 15) is 4.79 Å². The highest BCUT2D eigenvalue weighted by atomic mass is 32.1. The van der Waals surface area contributed by atoms with Crippen molar-refractivity contribution >= 4 is 28.6 Å². The Morgan fingerprint density at radius 2 is 2.25 bits per heavy atom. The molecule has 20 heavy (non-hydrogen) atoms. The summed E-state index contributed by atoms with van der Waals surface area (Å²) >= 11 is 1.72. The number of thiophene rings is 1. The van der Waals surface area contributed by atoms with Crippen LogP contribution in [0.3, 0.4) is 0 Å². The Labute approximate surface area is 121 Å². The van der Waals surface area contributed by atoms with Crippen LogP contribution in [0.25, 0.3) is 0 Å². The van der Waals surface area contributed by atoms with Crippen LogP contribution in [0.1, 0.15) is 24.8 Å². The average Bonchev–Trinajstić information content (AvgIpc) is 2.94. The lowest BCUT2D eigenvalue weighted by molar-refractivity contribution is -0.122. The van der Waals surface area contributed by atoms with Crippen LogP contribution in [-0.2, 0) is 4.79 Å². The second kappa shape index (κ2) is 5.17. The van der Waals surface area contributed by atoms with E-state index in [2.05, 4.69) is 29.0 Å². The number of nitrogens with one attached hydrogen (secondary N) is 2. The van der Waals surface area contributed by atoms with Gasteiger partial charge in [-0.05, 0) is 43.5 Å². The van der Waals surface area contributed by atoms with Gasteiger partial charge in [0.15, 0.2) is 6.10 Å². The van der Waals surface area contributed by atoms with Crippen molar-refractivity contribution in [3.8, 4) is 5.75 Å². The summed E-state index contributed by atoms with van der Waals surface area (Å²) in [7, 11) is 0. The van der Waals surface area contributed by atoms with E-state index in [0.29, 0.717) is 5.75 Å². The third-order valence-electron chi connectivity index (χ3n) is 3.26. The lowest BCUT2D eigenvalue weighted by atomic mass is 10.2. The fraction of sp³-hybridized carbons (Fsp3) is 0.267. The molecule has 2 N–H and O–H groups in total. The van der Waals surface area contributed by atoms with Crippen LogP contribution in [-0.4, -0.2) is 12.0 Å². The topological polar surface area (TPSA) is 50.4 Å². The number of ether oxygens (including phenoxy) is 1. The normalized spacial score (nSPS) is 18.7. The van der Waals surface area contributed by atoms with Crippen molar-refractivity contribution in [3.05, 3.63) is 40.6 Å². The molecule has 2 unspecified atom stereocenters. The molecule has 0 radical (unpaired) electrons. The first-order chi connectivity index (χ1) is 9.63. The van der Waals surface area contributed by atoms with Crippen molar-refractivity contribution in [2.24, 2.45) is 0 Å². The number of carbonyl (C=O) groups excluding carboxylic acids is 1. The van der Waals surface area contributed by atoms with Crippen LogP contribution in [0.5, 0.6) is 5.75 Å². The van der Waals surface area contributed by atoms with Crippen LogP contribution in [0, 0.1) is 0 Å². The van der Waals surface area contributed by atoms with Gasteiger partial charge in [-0.15, -0.1) is 11.3 Å². The number of hydrogen-bond acceptors (Lipinski definition) is 4. The molecule has 3 rings (SSSR count). The summed E-state index contributed by atoms with van der Waals surface area (Å²) < 4.78 is 5.54. The predicted octanol–water partition coefficient (Wildman–Crippen LogP) is 3.64. The Morgan fingerprint density at radius 3 is 3.00 bits per heavy atom. The van der Waals surface area contributed by atoms with Gasteiger partial charge >= 0.3 is 0 Å². The first kappa shape index (κ1) is 13.0. The number of carbonyl (C=O) groups is 1. The number of amides is 1. The summed E-state index contributed by atoms with van der Waals surface area (Å²) in [5.41, 5.74) is 1.68. The van der Waals surface area contributed by atoms with Gasteiger partial charge in [0.05, 0.1) is 11.7 Å². The van der Waals surface area contributed by atoms with Gasteiger partial charge in [-0.2, -0.15) is 0 Å². The molecule has 1 aromatic carbocycles. The summed E-state index contributed by atoms with van der Waals surface area (Å²) in [5.74, 6) is 0.604. The van der Waals surface area contributed by atoms with Crippen molar-refractivity contribution in [1.29, 1.82) is 0 Å². The summed E-state index contributed by atoms with van der Waals surface area (Å²) in [5, 5.41) is 8.35. The molecule has 0 spiro atoms. The monoisotopic (exact) mass is 288 g/mol. The fourth-order valence-electron chi connectivity index (χ4n) is 2.16. The Hall–Kier alpha value is -2.01. The number of hydrogen-bond donors (Lipinski definition) is 2. The molecule has 2 heterocycles. The molecular formula is C15H16N2O2S. The first-order valence-corrected chi connectivity index (χ1v) is 7.43. The molecule has 104 valence electrons. The molecule has 2 aromatic rings. The van der Waals surface area contributed by atoms with Crippen molar-refractivity contribution in [1.82, 2.24) is 0 Å². The van der Waals surface area contributed by atoms with Gasteiger partial charge in [0.25, 0.3) is 5.91 Å². The summed E-state index contributed by atoms with van der Waals surface area (Å²) in [6.07, 6.45) is -0.439. The predicted molar refractivity (Wildman–Crippen MR) is 81.5 cm³/mol. The van der Waals surface area contributed by atoms with Crippen LogP contribution in [0.4, 0.5) is 11.4 Å². The van der Waals surface area contributed by atoms with Gasteiger partial charge < -0.3 is 15.4 Å². The Morgan fingerprint density at radius 1 is 1.40 bits per heavy atom. The molecule has 0 bridgehead atoms. The summed E-state index contributed by atoms with van der Waals surface area (Å²) in [6.45, 7) is 3.85. The quantitative estimate of drug-likeness (QED) is 0.906. The Balaban J connectivity index is 1.79. The van der Waals surface area contributed by atoms with Crippen LogP contribution >= 0.6 is 11.3 Å². The molecule has 1 aliphatic heterocycles. The van der Waals surface area contributed by atoms with Gasteiger partial charge in [0.2, 0.25) is 0 Å². The van der Waals surface area contributed by atoms with Crippen molar-refractivity contribution in [3.63, 3.8) is 0 Å². The third-order valence-corrected chi connectivity index (χ3v) is 4.32. The SMILES string of the molecule is CC1Oc2ccc(NC(C)c3cccs3)cc2NC1=O. The molecule has 0 aliphatic carbocycles. The maximum atomic E-state index is 11.6. The molecule has 0 saturated carbocycles. The van der Waals surface area contributed by atoms with E-state index in [1.54, 1.807) is 18.3 Å². The molecule has 0 fully saturated rings. The van der Waals surface area contributed by atoms with Crippen molar-refractivity contribution < 1.29 is 9.53 Å². The maximum Gasteiger partial charge on any atom is 0.265 e. The van der Waals surface area contributed by atoms with E-state index < -0.39 is 6.10 Å².